The van der Waals surface area contributed by atoms with Crippen LogP contribution in [0.2, 0.25) is 0 Å². The van der Waals surface area contributed by atoms with Crippen LogP contribution in [0.1, 0.15) is 0 Å². The minimum absolute atomic E-state index is 0.572. The highest BCUT2D eigenvalue weighted by Gasteiger charge is 1.84. The zero-order valence-corrected chi connectivity index (χ0v) is 6.68. The number of aromatic nitrogens is 1. The molecule has 0 saturated carbocycles. The van der Waals surface area contributed by atoms with Crippen molar-refractivity contribution in [2.45, 2.75) is 0 Å². The highest BCUT2D eigenvalue weighted by molar-refractivity contribution is 5.47. The number of ether oxygens (including phenoxy) is 1. The molecular formula is C8H11N3O. The molecule has 0 fully saturated rings. The number of nitrogens with two attached hydrogens (primary N) is 1. The Kier molecular flexibility index (Phi) is 3.63. The van der Waals surface area contributed by atoms with Crippen LogP contribution in [0.4, 0.5) is 5.82 Å². The second-order valence-electron chi connectivity index (χ2n) is 2.14. The van der Waals surface area contributed by atoms with Gasteiger partial charge in [-0.05, 0) is 12.1 Å². The second-order valence-corrected chi connectivity index (χ2v) is 2.14. The van der Waals surface area contributed by atoms with Gasteiger partial charge in [-0.2, -0.15) is 0 Å². The van der Waals surface area contributed by atoms with Crippen molar-refractivity contribution in [1.82, 2.24) is 4.98 Å². The molecule has 0 spiro atoms. The van der Waals surface area contributed by atoms with Gasteiger partial charge in [0.25, 0.3) is 0 Å². The monoisotopic (exact) mass is 165 g/mol. The topological polar surface area (TPSA) is 60.5 Å². The first-order chi connectivity index (χ1) is 5.89. The van der Waals surface area contributed by atoms with Crippen molar-refractivity contribution in [2.24, 2.45) is 4.99 Å². The molecule has 1 aliphatic rings. The Morgan fingerprint density at radius 3 is 2.58 bits per heavy atom. The molecule has 64 valence electrons. The number of nitrogens with zero attached hydrogens (tertiary/aromatic N) is 2. The lowest BCUT2D eigenvalue weighted by molar-refractivity contribution is 0.361. The predicted octanol–water partition coefficient (Wildman–Crippen LogP) is 0.709. The standard InChI is InChI=1S/C5H6N2.C3H5NO/c6-5-3-1-2-4-7-5;1-2-5-3-4-1/h1-4H,(H2,6,7);3H,1-2H2. The lowest BCUT2D eigenvalue weighted by atomic mass is 10.5. The minimum Gasteiger partial charge on any atom is -0.482 e. The van der Waals surface area contributed by atoms with E-state index in [-0.39, 0.29) is 0 Å². The fraction of sp³-hybridized carbons (Fsp3) is 0.250. The smallest absolute Gasteiger partial charge is 0.169 e. The summed E-state index contributed by atoms with van der Waals surface area (Å²) in [4.78, 5) is 7.49. The highest BCUT2D eigenvalue weighted by atomic mass is 16.5. The van der Waals surface area contributed by atoms with Crippen LogP contribution in [-0.2, 0) is 4.74 Å². The molecular weight excluding hydrogens is 154 g/mol. The van der Waals surface area contributed by atoms with Crippen molar-refractivity contribution in [1.29, 1.82) is 0 Å². The van der Waals surface area contributed by atoms with E-state index in [1.54, 1.807) is 12.3 Å². The molecule has 1 aromatic rings. The fourth-order valence-corrected chi connectivity index (χ4v) is 0.639. The fourth-order valence-electron chi connectivity index (χ4n) is 0.639. The lowest BCUT2D eigenvalue weighted by Gasteiger charge is -1.82. The molecule has 0 aromatic carbocycles. The van der Waals surface area contributed by atoms with E-state index in [2.05, 4.69) is 14.7 Å². The molecule has 0 unspecified atom stereocenters. The van der Waals surface area contributed by atoms with Crippen LogP contribution in [0.3, 0.4) is 0 Å². The summed E-state index contributed by atoms with van der Waals surface area (Å²) in [5.74, 6) is 0.572. The first kappa shape index (κ1) is 8.52. The zero-order valence-electron chi connectivity index (χ0n) is 6.68. The molecule has 2 heterocycles. The molecule has 0 amide bonds. The van der Waals surface area contributed by atoms with E-state index in [0.717, 1.165) is 13.2 Å². The highest BCUT2D eigenvalue weighted by Crippen LogP contribution is 1.89. The summed E-state index contributed by atoms with van der Waals surface area (Å²) in [5, 5.41) is 0. The van der Waals surface area contributed by atoms with Crippen molar-refractivity contribution in [3.63, 3.8) is 0 Å². The molecule has 0 aliphatic carbocycles. The first-order valence-corrected chi connectivity index (χ1v) is 3.66. The molecule has 1 aliphatic heterocycles. The van der Waals surface area contributed by atoms with E-state index in [9.17, 15) is 0 Å². The van der Waals surface area contributed by atoms with Gasteiger partial charge in [-0.1, -0.05) is 6.07 Å². The van der Waals surface area contributed by atoms with Crippen LogP contribution in [0.25, 0.3) is 0 Å². The van der Waals surface area contributed by atoms with Crippen LogP contribution in [0.5, 0.6) is 0 Å². The third kappa shape index (κ3) is 3.55. The third-order valence-corrected chi connectivity index (χ3v) is 1.18. The molecule has 2 N–H and O–H groups in total. The Bertz CT molecular complexity index is 229. The SMILES string of the molecule is C1=NCCO1.Nc1ccccn1. The Morgan fingerprint density at radius 1 is 1.42 bits per heavy atom. The van der Waals surface area contributed by atoms with Crippen LogP contribution in [-0.4, -0.2) is 24.5 Å². The van der Waals surface area contributed by atoms with Gasteiger partial charge in [0.05, 0.1) is 6.54 Å². The molecule has 0 radical (unpaired) electrons. The van der Waals surface area contributed by atoms with Gasteiger partial charge in [-0.15, -0.1) is 0 Å². The Hall–Kier alpha value is -1.58. The molecule has 0 atom stereocenters. The van der Waals surface area contributed by atoms with Crippen LogP contribution < -0.4 is 5.73 Å². The van der Waals surface area contributed by atoms with Gasteiger partial charge in [0.2, 0.25) is 0 Å². The largest absolute Gasteiger partial charge is 0.482 e. The summed E-state index contributed by atoms with van der Waals surface area (Å²) >= 11 is 0. The zero-order chi connectivity index (χ0) is 8.65. The van der Waals surface area contributed by atoms with Crippen molar-refractivity contribution in [3.05, 3.63) is 24.4 Å². The molecule has 2 rings (SSSR count). The van der Waals surface area contributed by atoms with Gasteiger partial charge in [-0.25, -0.2) is 4.98 Å². The van der Waals surface area contributed by atoms with Crippen LogP contribution in [0.15, 0.2) is 29.4 Å². The first-order valence-electron chi connectivity index (χ1n) is 3.66. The minimum atomic E-state index is 0.572. The van der Waals surface area contributed by atoms with Crippen LogP contribution >= 0.6 is 0 Å². The van der Waals surface area contributed by atoms with Gasteiger partial charge in [0.1, 0.15) is 12.4 Å². The van der Waals surface area contributed by atoms with Gasteiger partial charge in [0, 0.05) is 6.20 Å². The Morgan fingerprint density at radius 2 is 2.33 bits per heavy atom. The van der Waals surface area contributed by atoms with Gasteiger partial charge < -0.3 is 10.5 Å². The van der Waals surface area contributed by atoms with Crippen molar-refractivity contribution in [3.8, 4) is 0 Å². The third-order valence-electron chi connectivity index (χ3n) is 1.18. The number of pyridine rings is 1. The van der Waals surface area contributed by atoms with E-state index < -0.39 is 0 Å². The molecule has 0 saturated heterocycles. The number of aliphatic imine (C=N–C) groups is 1. The number of hydrogen-bond acceptors (Lipinski definition) is 4. The summed E-state index contributed by atoms with van der Waals surface area (Å²) < 4.78 is 4.65. The maximum absolute atomic E-state index is 5.25. The molecule has 4 heteroatoms. The molecule has 1 aromatic heterocycles. The van der Waals surface area contributed by atoms with Crippen LogP contribution in [0, 0.1) is 0 Å². The van der Waals surface area contributed by atoms with Crippen molar-refractivity contribution < 1.29 is 4.74 Å². The number of nitrogen functional groups attached to an aromatic ring is 1. The van der Waals surface area contributed by atoms with Gasteiger partial charge in [-0.3, -0.25) is 4.99 Å². The molecule has 0 bridgehead atoms. The Labute approximate surface area is 71.1 Å². The average molecular weight is 165 g/mol. The quantitative estimate of drug-likeness (QED) is 0.615. The lowest BCUT2D eigenvalue weighted by Crippen LogP contribution is -1.85. The van der Waals surface area contributed by atoms with E-state index in [1.165, 1.54) is 6.40 Å². The maximum Gasteiger partial charge on any atom is 0.169 e. The Balaban J connectivity index is 0.000000127. The van der Waals surface area contributed by atoms with Crippen molar-refractivity contribution in [2.75, 3.05) is 18.9 Å². The summed E-state index contributed by atoms with van der Waals surface area (Å²) in [5.41, 5.74) is 5.25. The second kappa shape index (κ2) is 5.12. The number of hydrogen-bond donors (Lipinski definition) is 1. The predicted molar refractivity (Wildman–Crippen MR) is 48.0 cm³/mol. The number of anilines is 1. The van der Waals surface area contributed by atoms with E-state index in [4.69, 9.17) is 5.73 Å². The van der Waals surface area contributed by atoms with E-state index >= 15 is 0 Å². The number of rotatable bonds is 0. The molecule has 4 nitrogen and oxygen atoms in total. The van der Waals surface area contributed by atoms with E-state index in [1.807, 2.05) is 12.1 Å². The summed E-state index contributed by atoms with van der Waals surface area (Å²) in [6, 6.07) is 5.43. The summed E-state index contributed by atoms with van der Waals surface area (Å²) in [6.45, 7) is 1.62. The van der Waals surface area contributed by atoms with E-state index in [0.29, 0.717) is 5.82 Å². The average Bonchev–Trinajstić information content (AvgIpc) is 2.62. The van der Waals surface area contributed by atoms with Crippen molar-refractivity contribution >= 4 is 12.2 Å². The maximum atomic E-state index is 5.25. The van der Waals surface area contributed by atoms with Gasteiger partial charge >= 0.3 is 0 Å². The normalized spacial score (nSPS) is 13.0. The molecule has 12 heavy (non-hydrogen) atoms. The van der Waals surface area contributed by atoms with Gasteiger partial charge in [0.15, 0.2) is 6.40 Å². The summed E-state index contributed by atoms with van der Waals surface area (Å²) in [6.07, 6.45) is 3.15. The summed E-state index contributed by atoms with van der Waals surface area (Å²) in [7, 11) is 0.